The smallest absolute Gasteiger partial charge is 0.276 e. The van der Waals surface area contributed by atoms with Crippen molar-refractivity contribution in [1.29, 1.82) is 0 Å². The van der Waals surface area contributed by atoms with Gasteiger partial charge in [0.2, 0.25) is 0 Å². The Morgan fingerprint density at radius 2 is 2.22 bits per heavy atom. The minimum Gasteiger partial charge on any atom is -0.360 e. The minimum atomic E-state index is 0.0376. The fourth-order valence-electron chi connectivity index (χ4n) is 2.67. The van der Waals surface area contributed by atoms with E-state index < -0.39 is 0 Å². The summed E-state index contributed by atoms with van der Waals surface area (Å²) in [4.78, 5) is 14.3. The molecule has 3 rings (SSSR count). The maximum Gasteiger partial charge on any atom is 0.276 e. The Morgan fingerprint density at radius 1 is 1.44 bits per heavy atom. The average Bonchev–Trinajstić information content (AvgIpc) is 2.82. The second-order valence-corrected chi connectivity index (χ2v) is 5.33. The van der Waals surface area contributed by atoms with E-state index in [2.05, 4.69) is 17.4 Å². The third-order valence-corrected chi connectivity index (χ3v) is 3.97. The number of carbonyl (C=O) groups is 1. The fraction of sp³-hybridized carbons (Fsp3) is 0.692. The first-order valence-corrected chi connectivity index (χ1v) is 6.73. The van der Waals surface area contributed by atoms with Crippen LogP contribution in [0.3, 0.4) is 0 Å². The molecule has 98 valence electrons. The summed E-state index contributed by atoms with van der Waals surface area (Å²) in [7, 11) is 0. The van der Waals surface area contributed by atoms with Crippen molar-refractivity contribution in [2.75, 3.05) is 19.6 Å². The van der Waals surface area contributed by atoms with Crippen molar-refractivity contribution in [2.45, 2.75) is 32.7 Å². The molecule has 1 aromatic heterocycles. The lowest BCUT2D eigenvalue weighted by molar-refractivity contribution is 0.0685. The first-order chi connectivity index (χ1) is 8.75. The normalized spacial score (nSPS) is 20.8. The zero-order chi connectivity index (χ0) is 12.5. The lowest BCUT2D eigenvalue weighted by atomic mass is 9.98. The van der Waals surface area contributed by atoms with Crippen molar-refractivity contribution in [2.24, 2.45) is 5.92 Å². The van der Waals surface area contributed by atoms with Gasteiger partial charge >= 0.3 is 0 Å². The molecule has 0 spiro atoms. The van der Waals surface area contributed by atoms with Crippen molar-refractivity contribution >= 4 is 5.91 Å². The van der Waals surface area contributed by atoms with Crippen LogP contribution in [0, 0.1) is 5.92 Å². The lowest BCUT2D eigenvalue weighted by Crippen LogP contribution is -2.39. The van der Waals surface area contributed by atoms with Crippen LogP contribution in [0.2, 0.25) is 0 Å². The largest absolute Gasteiger partial charge is 0.360 e. The number of nitrogens with zero attached hydrogens (tertiary/aromatic N) is 2. The van der Waals surface area contributed by atoms with Gasteiger partial charge in [0.25, 0.3) is 5.91 Å². The number of likely N-dealkylation sites (tertiary alicyclic amines) is 1. The van der Waals surface area contributed by atoms with Crippen LogP contribution in [0.15, 0.2) is 4.52 Å². The maximum absolute atomic E-state index is 12.4. The Morgan fingerprint density at radius 3 is 3.00 bits per heavy atom. The molecule has 0 aromatic carbocycles. The molecule has 2 aliphatic rings. The number of piperidine rings is 1. The molecule has 0 atom stereocenters. The summed E-state index contributed by atoms with van der Waals surface area (Å²) in [6, 6.07) is 0. The predicted molar refractivity (Wildman–Crippen MR) is 66.2 cm³/mol. The zero-order valence-electron chi connectivity index (χ0n) is 10.7. The molecule has 1 saturated heterocycles. The predicted octanol–water partition coefficient (Wildman–Crippen LogP) is 1.19. The van der Waals surface area contributed by atoms with Gasteiger partial charge in [0, 0.05) is 38.2 Å². The average molecular weight is 249 g/mol. The van der Waals surface area contributed by atoms with E-state index in [4.69, 9.17) is 4.52 Å². The monoisotopic (exact) mass is 249 g/mol. The third-order valence-electron chi connectivity index (χ3n) is 3.97. The molecule has 5 nitrogen and oxygen atoms in total. The summed E-state index contributed by atoms with van der Waals surface area (Å²) < 4.78 is 5.28. The number of rotatable bonds is 1. The second kappa shape index (κ2) is 4.72. The van der Waals surface area contributed by atoms with Gasteiger partial charge in [-0.15, -0.1) is 0 Å². The summed E-state index contributed by atoms with van der Waals surface area (Å²) in [5.41, 5.74) is 1.48. The number of hydrogen-bond donors (Lipinski definition) is 1. The molecule has 0 bridgehead atoms. The van der Waals surface area contributed by atoms with Crippen molar-refractivity contribution in [1.82, 2.24) is 15.4 Å². The molecule has 3 heterocycles. The lowest BCUT2D eigenvalue weighted by Gasteiger charge is -2.29. The molecular formula is C13H19N3O2. The van der Waals surface area contributed by atoms with Crippen LogP contribution >= 0.6 is 0 Å². The van der Waals surface area contributed by atoms with Crippen molar-refractivity contribution < 1.29 is 9.32 Å². The molecule has 1 aromatic rings. The molecule has 0 saturated carbocycles. The second-order valence-electron chi connectivity index (χ2n) is 5.33. The highest BCUT2D eigenvalue weighted by atomic mass is 16.5. The Hall–Kier alpha value is -1.36. The van der Waals surface area contributed by atoms with Crippen LogP contribution < -0.4 is 5.32 Å². The number of nitrogens with one attached hydrogen (secondary N) is 1. The van der Waals surface area contributed by atoms with Gasteiger partial charge in [-0.2, -0.15) is 0 Å². The highest BCUT2D eigenvalue weighted by Gasteiger charge is 2.28. The minimum absolute atomic E-state index is 0.0376. The molecule has 2 aliphatic heterocycles. The first kappa shape index (κ1) is 11.7. The van der Waals surface area contributed by atoms with Gasteiger partial charge in [-0.3, -0.25) is 4.79 Å². The van der Waals surface area contributed by atoms with E-state index in [0.29, 0.717) is 12.2 Å². The van der Waals surface area contributed by atoms with Gasteiger partial charge in [-0.05, 0) is 18.8 Å². The maximum atomic E-state index is 12.4. The third kappa shape index (κ3) is 2.03. The zero-order valence-corrected chi connectivity index (χ0v) is 10.7. The Labute approximate surface area is 107 Å². The number of amides is 1. The van der Waals surface area contributed by atoms with Crippen LogP contribution in [0.4, 0.5) is 0 Å². The molecule has 1 N–H and O–H groups in total. The molecule has 0 radical (unpaired) electrons. The highest BCUT2D eigenvalue weighted by Crippen LogP contribution is 2.22. The van der Waals surface area contributed by atoms with E-state index in [-0.39, 0.29) is 5.91 Å². The van der Waals surface area contributed by atoms with Crippen molar-refractivity contribution in [3.05, 3.63) is 17.0 Å². The molecule has 18 heavy (non-hydrogen) atoms. The molecule has 0 aliphatic carbocycles. The number of fused-ring (bicyclic) bond motifs is 1. The van der Waals surface area contributed by atoms with Gasteiger partial charge in [0.1, 0.15) is 5.76 Å². The van der Waals surface area contributed by atoms with Crippen LogP contribution in [0.5, 0.6) is 0 Å². The summed E-state index contributed by atoms with van der Waals surface area (Å²) >= 11 is 0. The van der Waals surface area contributed by atoms with E-state index in [1.165, 1.54) is 0 Å². The Kier molecular flexibility index (Phi) is 3.07. The van der Waals surface area contributed by atoms with Crippen molar-refractivity contribution in [3.8, 4) is 0 Å². The molecule has 1 fully saturated rings. The van der Waals surface area contributed by atoms with Crippen LogP contribution in [0.1, 0.15) is 41.6 Å². The highest BCUT2D eigenvalue weighted by molar-refractivity contribution is 5.94. The molecule has 1 amide bonds. The standard InChI is InChI=1S/C13H19N3O2/c1-9-3-6-16(7-4-9)13(17)12-10-8-14-5-2-11(10)18-15-12/h9,14H,2-8H2,1H3. The van der Waals surface area contributed by atoms with E-state index in [1.54, 1.807) is 0 Å². The summed E-state index contributed by atoms with van der Waals surface area (Å²) in [6.07, 6.45) is 3.00. The van der Waals surface area contributed by atoms with Crippen LogP contribution in [-0.4, -0.2) is 35.6 Å². The van der Waals surface area contributed by atoms with Gasteiger partial charge in [-0.1, -0.05) is 12.1 Å². The number of carbonyl (C=O) groups excluding carboxylic acids is 1. The Bertz CT molecular complexity index is 447. The van der Waals surface area contributed by atoms with E-state index in [0.717, 1.165) is 56.1 Å². The summed E-state index contributed by atoms with van der Waals surface area (Å²) in [6.45, 7) is 5.52. The van der Waals surface area contributed by atoms with Gasteiger partial charge in [0.15, 0.2) is 5.69 Å². The van der Waals surface area contributed by atoms with Gasteiger partial charge in [-0.25, -0.2) is 0 Å². The Balaban J connectivity index is 1.78. The van der Waals surface area contributed by atoms with Crippen molar-refractivity contribution in [3.63, 3.8) is 0 Å². The topological polar surface area (TPSA) is 58.4 Å². The number of aromatic nitrogens is 1. The van der Waals surface area contributed by atoms with Gasteiger partial charge in [0.05, 0.1) is 0 Å². The van der Waals surface area contributed by atoms with Crippen LogP contribution in [0.25, 0.3) is 0 Å². The first-order valence-electron chi connectivity index (χ1n) is 6.73. The van der Waals surface area contributed by atoms with E-state index in [9.17, 15) is 4.79 Å². The molecule has 0 unspecified atom stereocenters. The molecular weight excluding hydrogens is 230 g/mol. The van der Waals surface area contributed by atoms with Crippen LogP contribution in [-0.2, 0) is 13.0 Å². The molecule has 5 heteroatoms. The fourth-order valence-corrected chi connectivity index (χ4v) is 2.67. The van der Waals surface area contributed by atoms with E-state index in [1.807, 2.05) is 4.90 Å². The summed E-state index contributed by atoms with van der Waals surface area (Å²) in [5.74, 6) is 1.64. The summed E-state index contributed by atoms with van der Waals surface area (Å²) in [5, 5.41) is 7.25. The van der Waals surface area contributed by atoms with E-state index >= 15 is 0 Å². The number of hydrogen-bond acceptors (Lipinski definition) is 4. The van der Waals surface area contributed by atoms with Gasteiger partial charge < -0.3 is 14.7 Å². The quantitative estimate of drug-likeness (QED) is 0.812. The SMILES string of the molecule is CC1CCN(C(=O)c2noc3c2CNCC3)CC1.